The lowest BCUT2D eigenvalue weighted by Crippen LogP contribution is -2.09. The van der Waals surface area contributed by atoms with Gasteiger partial charge in [-0.2, -0.15) is 0 Å². The third kappa shape index (κ3) is 2.70. The van der Waals surface area contributed by atoms with Crippen LogP contribution >= 0.6 is 0 Å². The zero-order valence-electron chi connectivity index (χ0n) is 10.1. The second-order valence-corrected chi connectivity index (χ2v) is 3.91. The highest BCUT2D eigenvalue weighted by Gasteiger charge is 2.15. The predicted octanol–water partition coefficient (Wildman–Crippen LogP) is 1.03. The first kappa shape index (κ1) is 13.4. The number of hydrogen-bond acceptors (Lipinski definition) is 7. The third-order valence-electron chi connectivity index (χ3n) is 2.59. The summed E-state index contributed by atoms with van der Waals surface area (Å²) < 4.78 is 1.47. The molecule has 1 heterocycles. The normalized spacial score (nSPS) is 10.2. The monoisotopic (exact) mass is 278 g/mol. The number of benzene rings is 1. The molecule has 2 rings (SSSR count). The van der Waals surface area contributed by atoms with E-state index >= 15 is 0 Å². The van der Waals surface area contributed by atoms with Crippen molar-refractivity contribution in [1.29, 1.82) is 0 Å². The van der Waals surface area contributed by atoms with Crippen molar-refractivity contribution in [2.24, 2.45) is 5.84 Å². The summed E-state index contributed by atoms with van der Waals surface area (Å²) in [5.74, 6) is 4.91. The summed E-state index contributed by atoms with van der Waals surface area (Å²) in [6.45, 7) is 0.229. The molecule has 0 aliphatic carbocycles. The Labute approximate surface area is 112 Å². The predicted molar refractivity (Wildman–Crippen MR) is 68.9 cm³/mol. The highest BCUT2D eigenvalue weighted by Crippen LogP contribution is 2.25. The van der Waals surface area contributed by atoms with Gasteiger partial charge in [0.05, 0.1) is 11.5 Å². The summed E-state index contributed by atoms with van der Waals surface area (Å²) >= 11 is 0. The minimum absolute atomic E-state index is 0.167. The van der Waals surface area contributed by atoms with E-state index < -0.39 is 9.85 Å². The first-order valence-electron chi connectivity index (χ1n) is 5.41. The molecule has 2 aromatic rings. The number of hydrazine groups is 1. The summed E-state index contributed by atoms with van der Waals surface area (Å²) in [7, 11) is 0. The lowest BCUT2D eigenvalue weighted by Gasteiger charge is -2.05. The average Bonchev–Trinajstić information content (AvgIpc) is 2.87. The Balaban J connectivity index is 2.26. The fourth-order valence-corrected chi connectivity index (χ4v) is 1.69. The number of nitro groups is 2. The molecule has 0 atom stereocenters. The van der Waals surface area contributed by atoms with Crippen LogP contribution in [0.5, 0.6) is 0 Å². The molecule has 0 saturated carbocycles. The average molecular weight is 278 g/mol. The zero-order valence-corrected chi connectivity index (χ0v) is 10.1. The van der Waals surface area contributed by atoms with E-state index in [1.165, 1.54) is 29.2 Å². The first-order valence-corrected chi connectivity index (χ1v) is 5.41. The standard InChI is InChI=1S/C10H10N6O4/c11-13-8-2-1-7(3-9(8)15(17)18)4-14-5-10(12-6-14)16(19)20/h1-3,5-6,13H,4,11H2. The number of nitro benzene ring substituents is 1. The summed E-state index contributed by atoms with van der Waals surface area (Å²) in [6, 6.07) is 4.45. The maximum atomic E-state index is 10.9. The van der Waals surface area contributed by atoms with Gasteiger partial charge in [0.2, 0.25) is 6.33 Å². The Hall–Kier alpha value is -3.01. The van der Waals surface area contributed by atoms with Crippen molar-refractivity contribution in [3.8, 4) is 0 Å². The summed E-state index contributed by atoms with van der Waals surface area (Å²) in [5, 5.41) is 21.4. The molecule has 0 bridgehead atoms. The van der Waals surface area contributed by atoms with Gasteiger partial charge in [-0.25, -0.2) is 0 Å². The molecule has 10 nitrogen and oxygen atoms in total. The molecular formula is C10H10N6O4. The SMILES string of the molecule is NNc1ccc(Cn2cnc([N+](=O)[O-])c2)cc1[N+](=O)[O-]. The van der Waals surface area contributed by atoms with Gasteiger partial charge < -0.3 is 20.1 Å². The zero-order chi connectivity index (χ0) is 14.7. The minimum Gasteiger partial charge on any atom is -0.358 e. The van der Waals surface area contributed by atoms with Gasteiger partial charge in [0.1, 0.15) is 11.9 Å². The Kier molecular flexibility index (Phi) is 3.57. The number of hydrogen-bond donors (Lipinski definition) is 2. The maximum Gasteiger partial charge on any atom is 0.381 e. The van der Waals surface area contributed by atoms with Crippen LogP contribution in [0.15, 0.2) is 30.7 Å². The molecule has 20 heavy (non-hydrogen) atoms. The molecule has 0 unspecified atom stereocenters. The van der Waals surface area contributed by atoms with Crippen LogP contribution in [0.3, 0.4) is 0 Å². The van der Waals surface area contributed by atoms with Gasteiger partial charge in [-0.1, -0.05) is 6.07 Å². The van der Waals surface area contributed by atoms with Crippen LogP contribution in [0.1, 0.15) is 5.56 Å². The van der Waals surface area contributed by atoms with Crippen molar-refractivity contribution in [1.82, 2.24) is 9.55 Å². The van der Waals surface area contributed by atoms with Crippen LogP contribution in [0.2, 0.25) is 0 Å². The molecule has 0 fully saturated rings. The van der Waals surface area contributed by atoms with Gasteiger partial charge in [-0.15, -0.1) is 0 Å². The van der Waals surface area contributed by atoms with Crippen molar-refractivity contribution in [2.45, 2.75) is 6.54 Å². The number of nitrogens with zero attached hydrogens (tertiary/aromatic N) is 4. The van der Waals surface area contributed by atoms with E-state index in [1.54, 1.807) is 6.07 Å². The van der Waals surface area contributed by atoms with E-state index in [-0.39, 0.29) is 23.7 Å². The van der Waals surface area contributed by atoms with Gasteiger partial charge in [0.15, 0.2) is 0 Å². The third-order valence-corrected chi connectivity index (χ3v) is 2.59. The van der Waals surface area contributed by atoms with E-state index in [9.17, 15) is 20.2 Å². The summed E-state index contributed by atoms with van der Waals surface area (Å²) in [4.78, 5) is 23.8. The molecule has 104 valence electrons. The molecule has 1 aromatic carbocycles. The fraction of sp³-hybridized carbons (Fsp3) is 0.100. The van der Waals surface area contributed by atoms with Gasteiger partial charge in [0.25, 0.3) is 5.69 Å². The minimum atomic E-state index is -0.611. The molecule has 10 heteroatoms. The Morgan fingerprint density at radius 3 is 2.60 bits per heavy atom. The number of anilines is 1. The first-order chi connectivity index (χ1) is 9.51. The lowest BCUT2D eigenvalue weighted by molar-refractivity contribution is -0.389. The van der Waals surface area contributed by atoms with E-state index in [1.807, 2.05) is 0 Å². The van der Waals surface area contributed by atoms with Gasteiger partial charge in [-0.3, -0.25) is 16.0 Å². The summed E-state index contributed by atoms with van der Waals surface area (Å²) in [6.07, 6.45) is 2.54. The Morgan fingerprint density at radius 1 is 1.30 bits per heavy atom. The topological polar surface area (TPSA) is 142 Å². The van der Waals surface area contributed by atoms with Gasteiger partial charge in [0, 0.05) is 6.07 Å². The molecule has 1 aromatic heterocycles. The van der Waals surface area contributed by atoms with Crippen LogP contribution in [-0.2, 0) is 6.54 Å². The highest BCUT2D eigenvalue weighted by atomic mass is 16.6. The quantitative estimate of drug-likeness (QED) is 0.472. The van der Waals surface area contributed by atoms with E-state index in [4.69, 9.17) is 5.84 Å². The smallest absolute Gasteiger partial charge is 0.358 e. The van der Waals surface area contributed by atoms with E-state index in [2.05, 4.69) is 10.4 Å². The molecule has 0 aliphatic heterocycles. The maximum absolute atomic E-state index is 10.9. The molecule has 0 spiro atoms. The van der Waals surface area contributed by atoms with Gasteiger partial charge >= 0.3 is 5.82 Å². The van der Waals surface area contributed by atoms with Crippen LogP contribution in [-0.4, -0.2) is 19.4 Å². The number of nitrogens with one attached hydrogen (secondary N) is 1. The molecule has 0 saturated heterocycles. The number of nitrogens with two attached hydrogens (primary N) is 1. The largest absolute Gasteiger partial charge is 0.381 e. The van der Waals surface area contributed by atoms with Crippen molar-refractivity contribution in [3.05, 3.63) is 56.5 Å². The highest BCUT2D eigenvalue weighted by molar-refractivity contribution is 5.61. The van der Waals surface area contributed by atoms with Crippen LogP contribution in [0.4, 0.5) is 17.2 Å². The van der Waals surface area contributed by atoms with Crippen LogP contribution in [0.25, 0.3) is 0 Å². The number of aromatic nitrogens is 2. The molecule has 0 radical (unpaired) electrons. The number of nitrogen functional groups attached to an aromatic ring is 1. The molecule has 0 amide bonds. The van der Waals surface area contributed by atoms with Gasteiger partial charge in [-0.05, 0) is 21.5 Å². The van der Waals surface area contributed by atoms with Crippen LogP contribution < -0.4 is 11.3 Å². The number of imidazole rings is 1. The molecule has 0 aliphatic rings. The summed E-state index contributed by atoms with van der Waals surface area (Å²) in [5.41, 5.74) is 2.86. The Bertz CT molecular complexity index is 668. The Morgan fingerprint density at radius 2 is 2.05 bits per heavy atom. The second-order valence-electron chi connectivity index (χ2n) is 3.91. The van der Waals surface area contributed by atoms with E-state index in [0.717, 1.165) is 0 Å². The van der Waals surface area contributed by atoms with E-state index in [0.29, 0.717) is 5.56 Å². The van der Waals surface area contributed by atoms with Crippen molar-refractivity contribution in [3.63, 3.8) is 0 Å². The van der Waals surface area contributed by atoms with Crippen molar-refractivity contribution < 1.29 is 9.85 Å². The van der Waals surface area contributed by atoms with Crippen molar-refractivity contribution in [2.75, 3.05) is 5.43 Å². The van der Waals surface area contributed by atoms with Crippen molar-refractivity contribution >= 4 is 17.2 Å². The fourth-order valence-electron chi connectivity index (χ4n) is 1.69. The molecule has 3 N–H and O–H groups in total. The number of rotatable bonds is 5. The molecular weight excluding hydrogens is 268 g/mol. The second kappa shape index (κ2) is 5.32. The van der Waals surface area contributed by atoms with Crippen LogP contribution in [0, 0.1) is 20.2 Å². The lowest BCUT2D eigenvalue weighted by atomic mass is 10.1.